The first-order chi connectivity index (χ1) is 8.58. The summed E-state index contributed by atoms with van der Waals surface area (Å²) < 4.78 is 26.7. The Morgan fingerprint density at radius 3 is 2.94 bits per heavy atom. The molecule has 1 aliphatic heterocycles. The lowest BCUT2D eigenvalue weighted by atomic mass is 9.92. The molecule has 18 heavy (non-hydrogen) atoms. The smallest absolute Gasteiger partial charge is 0.163 e. The van der Waals surface area contributed by atoms with E-state index in [1.807, 2.05) is 6.92 Å². The number of hydrogen-bond acceptors (Lipinski definition) is 2. The van der Waals surface area contributed by atoms with Gasteiger partial charge in [0.25, 0.3) is 0 Å². The summed E-state index contributed by atoms with van der Waals surface area (Å²) in [5, 5.41) is 0. The van der Waals surface area contributed by atoms with Gasteiger partial charge in [0.1, 0.15) is 0 Å². The number of likely N-dealkylation sites (tertiary alicyclic amines) is 1. The molecule has 0 aromatic heterocycles. The minimum atomic E-state index is -0.770. The predicted molar refractivity (Wildman–Crippen MR) is 68.0 cm³/mol. The first-order valence-corrected chi connectivity index (χ1v) is 6.48. The normalized spacial score (nSPS) is 23.0. The molecule has 4 heteroatoms. The van der Waals surface area contributed by atoms with E-state index in [9.17, 15) is 8.78 Å². The van der Waals surface area contributed by atoms with Gasteiger partial charge in [0, 0.05) is 24.7 Å². The lowest BCUT2D eigenvalue weighted by Gasteiger charge is -2.34. The Hall–Kier alpha value is -1.00. The quantitative estimate of drug-likeness (QED) is 0.898. The first kappa shape index (κ1) is 13.4. The van der Waals surface area contributed by atoms with Gasteiger partial charge in [-0.15, -0.1) is 0 Å². The third-order valence-corrected chi connectivity index (χ3v) is 3.71. The van der Waals surface area contributed by atoms with Crippen molar-refractivity contribution >= 4 is 0 Å². The number of nitrogens with two attached hydrogens (primary N) is 1. The van der Waals surface area contributed by atoms with Gasteiger partial charge in [-0.05, 0) is 38.3 Å². The molecule has 0 saturated carbocycles. The van der Waals surface area contributed by atoms with E-state index in [1.165, 1.54) is 0 Å². The molecular weight excluding hydrogens is 234 g/mol. The standard InChI is InChI=1S/C14H20F2N2/c1-10(17)11-5-3-7-18(8-11)9-12-4-2-6-13(15)14(12)16/h2,4,6,10-11H,3,5,7-9,17H2,1H3. The molecule has 2 rings (SSSR count). The summed E-state index contributed by atoms with van der Waals surface area (Å²) in [4.78, 5) is 2.16. The van der Waals surface area contributed by atoms with Crippen LogP contribution in [0, 0.1) is 17.6 Å². The van der Waals surface area contributed by atoms with Crippen LogP contribution in [0.4, 0.5) is 8.78 Å². The number of rotatable bonds is 3. The van der Waals surface area contributed by atoms with Crippen LogP contribution in [-0.2, 0) is 6.54 Å². The lowest BCUT2D eigenvalue weighted by Crippen LogP contribution is -2.42. The van der Waals surface area contributed by atoms with E-state index in [2.05, 4.69) is 4.90 Å². The van der Waals surface area contributed by atoms with Gasteiger partial charge in [-0.3, -0.25) is 4.90 Å². The van der Waals surface area contributed by atoms with Gasteiger partial charge in [-0.25, -0.2) is 8.78 Å². The Bertz CT molecular complexity index is 407. The number of nitrogens with zero attached hydrogens (tertiary/aromatic N) is 1. The second-order valence-electron chi connectivity index (χ2n) is 5.21. The maximum atomic E-state index is 13.6. The van der Waals surface area contributed by atoms with Crippen LogP contribution in [0.15, 0.2) is 18.2 Å². The molecule has 2 nitrogen and oxygen atoms in total. The molecule has 0 aliphatic carbocycles. The Kier molecular flexibility index (Phi) is 4.30. The molecule has 2 N–H and O–H groups in total. The second-order valence-corrected chi connectivity index (χ2v) is 5.21. The van der Waals surface area contributed by atoms with Crippen LogP contribution >= 0.6 is 0 Å². The van der Waals surface area contributed by atoms with E-state index in [1.54, 1.807) is 12.1 Å². The van der Waals surface area contributed by atoms with Crippen molar-refractivity contribution in [1.29, 1.82) is 0 Å². The van der Waals surface area contributed by atoms with Crippen molar-refractivity contribution in [3.63, 3.8) is 0 Å². The van der Waals surface area contributed by atoms with Gasteiger partial charge in [0.15, 0.2) is 11.6 Å². The van der Waals surface area contributed by atoms with E-state index in [0.717, 1.165) is 32.0 Å². The molecule has 100 valence electrons. The van der Waals surface area contributed by atoms with Crippen molar-refractivity contribution in [2.24, 2.45) is 11.7 Å². The van der Waals surface area contributed by atoms with Crippen LogP contribution in [0.25, 0.3) is 0 Å². The van der Waals surface area contributed by atoms with Gasteiger partial charge in [0.2, 0.25) is 0 Å². The van der Waals surface area contributed by atoms with Crippen LogP contribution in [-0.4, -0.2) is 24.0 Å². The third kappa shape index (κ3) is 3.06. The van der Waals surface area contributed by atoms with Crippen LogP contribution < -0.4 is 5.73 Å². The molecule has 1 saturated heterocycles. The van der Waals surface area contributed by atoms with E-state index in [-0.39, 0.29) is 6.04 Å². The topological polar surface area (TPSA) is 29.3 Å². The van der Waals surface area contributed by atoms with Gasteiger partial charge in [-0.2, -0.15) is 0 Å². The zero-order valence-corrected chi connectivity index (χ0v) is 10.7. The van der Waals surface area contributed by atoms with Crippen molar-refractivity contribution in [2.45, 2.75) is 32.4 Å². The zero-order chi connectivity index (χ0) is 13.1. The van der Waals surface area contributed by atoms with Gasteiger partial charge in [0.05, 0.1) is 0 Å². The maximum absolute atomic E-state index is 13.6. The Labute approximate surface area is 107 Å². The molecule has 1 aliphatic rings. The fourth-order valence-corrected chi connectivity index (χ4v) is 2.58. The predicted octanol–water partition coefficient (Wildman–Crippen LogP) is 2.52. The van der Waals surface area contributed by atoms with Crippen molar-refractivity contribution in [1.82, 2.24) is 4.90 Å². The highest BCUT2D eigenvalue weighted by atomic mass is 19.2. The second kappa shape index (κ2) is 5.76. The molecule has 0 amide bonds. The maximum Gasteiger partial charge on any atom is 0.163 e. The highest BCUT2D eigenvalue weighted by Crippen LogP contribution is 2.21. The lowest BCUT2D eigenvalue weighted by molar-refractivity contribution is 0.152. The summed E-state index contributed by atoms with van der Waals surface area (Å²) in [6, 6.07) is 4.51. The molecule has 0 radical (unpaired) electrons. The van der Waals surface area contributed by atoms with E-state index >= 15 is 0 Å². The van der Waals surface area contributed by atoms with Crippen molar-refractivity contribution in [3.8, 4) is 0 Å². The minimum absolute atomic E-state index is 0.158. The highest BCUT2D eigenvalue weighted by Gasteiger charge is 2.23. The molecule has 1 fully saturated rings. The summed E-state index contributed by atoms with van der Waals surface area (Å²) in [6.07, 6.45) is 2.20. The Morgan fingerprint density at radius 1 is 1.44 bits per heavy atom. The van der Waals surface area contributed by atoms with E-state index < -0.39 is 11.6 Å². The van der Waals surface area contributed by atoms with Gasteiger partial charge >= 0.3 is 0 Å². The highest BCUT2D eigenvalue weighted by molar-refractivity contribution is 5.18. The number of benzene rings is 1. The van der Waals surface area contributed by atoms with Gasteiger partial charge in [-0.1, -0.05) is 12.1 Å². The van der Waals surface area contributed by atoms with E-state index in [4.69, 9.17) is 5.73 Å². The molecule has 0 spiro atoms. The van der Waals surface area contributed by atoms with Crippen LogP contribution in [0.1, 0.15) is 25.3 Å². The van der Waals surface area contributed by atoms with Crippen molar-refractivity contribution in [3.05, 3.63) is 35.4 Å². The van der Waals surface area contributed by atoms with Crippen LogP contribution in [0.3, 0.4) is 0 Å². The van der Waals surface area contributed by atoms with E-state index in [0.29, 0.717) is 18.0 Å². The van der Waals surface area contributed by atoms with Crippen molar-refractivity contribution < 1.29 is 8.78 Å². The zero-order valence-electron chi connectivity index (χ0n) is 10.7. The molecule has 2 unspecified atom stereocenters. The number of halogens is 2. The monoisotopic (exact) mass is 254 g/mol. The first-order valence-electron chi connectivity index (χ1n) is 6.48. The molecule has 2 atom stereocenters. The fourth-order valence-electron chi connectivity index (χ4n) is 2.58. The van der Waals surface area contributed by atoms with Gasteiger partial charge < -0.3 is 5.73 Å². The Balaban J connectivity index is 2.03. The summed E-state index contributed by atoms with van der Waals surface area (Å²) in [5.74, 6) is -1.04. The largest absolute Gasteiger partial charge is 0.328 e. The summed E-state index contributed by atoms with van der Waals surface area (Å²) >= 11 is 0. The molecule has 1 aromatic carbocycles. The average Bonchev–Trinajstić information content (AvgIpc) is 2.35. The van der Waals surface area contributed by atoms with Crippen LogP contribution in [0.2, 0.25) is 0 Å². The Morgan fingerprint density at radius 2 is 2.22 bits per heavy atom. The SMILES string of the molecule is CC(N)C1CCCN(Cc2cccc(F)c2F)C1. The average molecular weight is 254 g/mol. The summed E-state index contributed by atoms with van der Waals surface area (Å²) in [6.45, 7) is 4.27. The van der Waals surface area contributed by atoms with Crippen molar-refractivity contribution in [2.75, 3.05) is 13.1 Å². The number of hydrogen-bond donors (Lipinski definition) is 1. The molecular formula is C14H20F2N2. The fraction of sp³-hybridized carbons (Fsp3) is 0.571. The third-order valence-electron chi connectivity index (χ3n) is 3.71. The molecule has 1 heterocycles. The molecule has 1 aromatic rings. The summed E-state index contributed by atoms with van der Waals surface area (Å²) in [5.41, 5.74) is 6.35. The summed E-state index contributed by atoms with van der Waals surface area (Å²) in [7, 11) is 0. The number of piperidine rings is 1. The molecule has 0 bridgehead atoms. The minimum Gasteiger partial charge on any atom is -0.328 e. The van der Waals surface area contributed by atoms with Crippen LogP contribution in [0.5, 0.6) is 0 Å².